The lowest BCUT2D eigenvalue weighted by molar-refractivity contribution is 0.159. The molecule has 2 rings (SSSR count). The van der Waals surface area contributed by atoms with Gasteiger partial charge in [-0.1, -0.05) is 0 Å². The van der Waals surface area contributed by atoms with E-state index in [1.54, 1.807) is 17.4 Å². The number of hydrogen-bond donors (Lipinski definition) is 1. The van der Waals surface area contributed by atoms with Gasteiger partial charge in [-0.25, -0.2) is 9.78 Å². The molecule has 1 unspecified atom stereocenters. The molecule has 1 aliphatic rings. The first-order chi connectivity index (χ1) is 6.81. The molecule has 0 radical (unpaired) electrons. The van der Waals surface area contributed by atoms with E-state index in [0.717, 1.165) is 12.1 Å². The third kappa shape index (κ3) is 1.57. The van der Waals surface area contributed by atoms with Gasteiger partial charge in [0.15, 0.2) is 0 Å². The summed E-state index contributed by atoms with van der Waals surface area (Å²) in [5.74, 6) is 0. The standard InChI is InChI=1S/C9H13N3O2/c1-2-12-8(5-14-9(12)13)3-7-4-10-6-11-7/h4,6,8H,2-3,5H2,1H3,(H,10,11). The summed E-state index contributed by atoms with van der Waals surface area (Å²) in [5, 5.41) is 0. The molecule has 0 saturated carbocycles. The Kier molecular flexibility index (Phi) is 2.39. The predicted octanol–water partition coefficient (Wildman–Crippen LogP) is 0.793. The van der Waals surface area contributed by atoms with Gasteiger partial charge in [-0.05, 0) is 6.92 Å². The SMILES string of the molecule is CCN1C(=O)OCC1Cc1cnc[nH]1. The van der Waals surface area contributed by atoms with Gasteiger partial charge >= 0.3 is 6.09 Å². The lowest BCUT2D eigenvalue weighted by Crippen LogP contribution is -2.34. The van der Waals surface area contributed by atoms with Gasteiger partial charge in [0, 0.05) is 24.9 Å². The van der Waals surface area contributed by atoms with Crippen LogP contribution in [0.1, 0.15) is 12.6 Å². The summed E-state index contributed by atoms with van der Waals surface area (Å²) in [6, 6.07) is 0.146. The van der Waals surface area contributed by atoms with Crippen molar-refractivity contribution in [2.45, 2.75) is 19.4 Å². The molecule has 1 fully saturated rings. The van der Waals surface area contributed by atoms with Crippen molar-refractivity contribution in [2.24, 2.45) is 0 Å². The maximum Gasteiger partial charge on any atom is 0.410 e. The molecular formula is C9H13N3O2. The van der Waals surface area contributed by atoms with Gasteiger partial charge in [0.25, 0.3) is 0 Å². The van der Waals surface area contributed by atoms with Gasteiger partial charge in [0.05, 0.1) is 12.4 Å². The molecular weight excluding hydrogens is 182 g/mol. The molecule has 1 amide bonds. The summed E-state index contributed by atoms with van der Waals surface area (Å²) < 4.78 is 4.97. The third-order valence-corrected chi connectivity index (χ3v) is 2.43. The largest absolute Gasteiger partial charge is 0.447 e. The van der Waals surface area contributed by atoms with Crippen molar-refractivity contribution in [1.82, 2.24) is 14.9 Å². The van der Waals surface area contributed by atoms with E-state index in [4.69, 9.17) is 4.74 Å². The molecule has 0 spiro atoms. The first-order valence-corrected chi connectivity index (χ1v) is 4.72. The van der Waals surface area contributed by atoms with Crippen LogP contribution in [0.2, 0.25) is 0 Å². The van der Waals surface area contributed by atoms with Crippen molar-refractivity contribution in [3.05, 3.63) is 18.2 Å². The number of carbonyl (C=O) groups excluding carboxylic acids is 1. The van der Waals surface area contributed by atoms with E-state index in [-0.39, 0.29) is 12.1 Å². The number of aromatic nitrogens is 2. The molecule has 1 N–H and O–H groups in total. The Bertz CT molecular complexity index is 310. The number of imidazole rings is 1. The number of aromatic amines is 1. The minimum absolute atomic E-state index is 0.146. The zero-order chi connectivity index (χ0) is 9.97. The van der Waals surface area contributed by atoms with Crippen molar-refractivity contribution in [3.8, 4) is 0 Å². The molecule has 1 aromatic heterocycles. The number of H-pyrrole nitrogens is 1. The van der Waals surface area contributed by atoms with Gasteiger partial charge in [0.1, 0.15) is 6.61 Å². The summed E-state index contributed by atoms with van der Waals surface area (Å²) >= 11 is 0. The van der Waals surface area contributed by atoms with E-state index in [1.165, 1.54) is 0 Å². The van der Waals surface area contributed by atoms with Gasteiger partial charge in [-0.15, -0.1) is 0 Å². The zero-order valence-electron chi connectivity index (χ0n) is 8.06. The third-order valence-electron chi connectivity index (χ3n) is 2.43. The van der Waals surface area contributed by atoms with E-state index in [0.29, 0.717) is 13.2 Å². The van der Waals surface area contributed by atoms with Crippen LogP contribution in [0.3, 0.4) is 0 Å². The molecule has 1 aromatic rings. The number of carbonyl (C=O) groups is 1. The van der Waals surface area contributed by atoms with Gasteiger partial charge in [0.2, 0.25) is 0 Å². The number of amides is 1. The topological polar surface area (TPSA) is 58.2 Å². The van der Waals surface area contributed by atoms with Crippen molar-refractivity contribution < 1.29 is 9.53 Å². The minimum Gasteiger partial charge on any atom is -0.447 e. The van der Waals surface area contributed by atoms with Crippen LogP contribution in [0, 0.1) is 0 Å². The highest BCUT2D eigenvalue weighted by atomic mass is 16.6. The minimum atomic E-state index is -0.211. The molecule has 1 atom stereocenters. The van der Waals surface area contributed by atoms with Gasteiger partial charge < -0.3 is 14.6 Å². The Morgan fingerprint density at radius 1 is 1.79 bits per heavy atom. The zero-order valence-corrected chi connectivity index (χ0v) is 8.06. The summed E-state index contributed by atoms with van der Waals surface area (Å²) in [6.45, 7) is 3.12. The molecule has 5 nitrogen and oxygen atoms in total. The van der Waals surface area contributed by atoms with Crippen LogP contribution in [0.5, 0.6) is 0 Å². The van der Waals surface area contributed by atoms with Gasteiger partial charge in [-0.2, -0.15) is 0 Å². The fourth-order valence-electron chi connectivity index (χ4n) is 1.70. The molecule has 14 heavy (non-hydrogen) atoms. The molecule has 2 heterocycles. The predicted molar refractivity (Wildman–Crippen MR) is 49.8 cm³/mol. The fraction of sp³-hybridized carbons (Fsp3) is 0.556. The average Bonchev–Trinajstić information content (AvgIpc) is 2.77. The number of nitrogens with one attached hydrogen (secondary N) is 1. The van der Waals surface area contributed by atoms with Gasteiger partial charge in [-0.3, -0.25) is 0 Å². The van der Waals surface area contributed by atoms with Crippen LogP contribution in [-0.2, 0) is 11.2 Å². The maximum absolute atomic E-state index is 11.2. The highest BCUT2D eigenvalue weighted by molar-refractivity contribution is 5.70. The van der Waals surface area contributed by atoms with Crippen LogP contribution < -0.4 is 0 Å². The number of cyclic esters (lactones) is 1. The second-order valence-corrected chi connectivity index (χ2v) is 3.30. The quantitative estimate of drug-likeness (QED) is 0.775. The Labute approximate surface area is 82.1 Å². The van der Waals surface area contributed by atoms with E-state index in [1.807, 2.05) is 6.92 Å². The highest BCUT2D eigenvalue weighted by Crippen LogP contribution is 2.15. The maximum atomic E-state index is 11.2. The van der Waals surface area contributed by atoms with Crippen molar-refractivity contribution in [1.29, 1.82) is 0 Å². The first-order valence-electron chi connectivity index (χ1n) is 4.72. The molecule has 0 aromatic carbocycles. The fourth-order valence-corrected chi connectivity index (χ4v) is 1.70. The number of ether oxygens (including phenoxy) is 1. The van der Waals surface area contributed by atoms with E-state index >= 15 is 0 Å². The number of hydrogen-bond acceptors (Lipinski definition) is 3. The second-order valence-electron chi connectivity index (χ2n) is 3.30. The summed E-state index contributed by atoms with van der Waals surface area (Å²) in [7, 11) is 0. The molecule has 1 aliphatic heterocycles. The first kappa shape index (κ1) is 9.05. The van der Waals surface area contributed by atoms with Crippen molar-refractivity contribution in [2.75, 3.05) is 13.2 Å². The molecule has 76 valence electrons. The van der Waals surface area contributed by atoms with Crippen molar-refractivity contribution in [3.63, 3.8) is 0 Å². The van der Waals surface area contributed by atoms with E-state index in [2.05, 4.69) is 9.97 Å². The van der Waals surface area contributed by atoms with Crippen LogP contribution in [0.4, 0.5) is 4.79 Å². The number of likely N-dealkylation sites (N-methyl/N-ethyl adjacent to an activating group) is 1. The monoisotopic (exact) mass is 195 g/mol. The number of nitrogens with zero attached hydrogens (tertiary/aromatic N) is 2. The van der Waals surface area contributed by atoms with Crippen LogP contribution >= 0.6 is 0 Å². The summed E-state index contributed by atoms with van der Waals surface area (Å²) in [4.78, 5) is 19.9. The second kappa shape index (κ2) is 3.69. The molecule has 1 saturated heterocycles. The molecule has 0 bridgehead atoms. The Morgan fingerprint density at radius 3 is 3.29 bits per heavy atom. The van der Waals surface area contributed by atoms with Crippen LogP contribution in [-0.4, -0.2) is 40.2 Å². The Morgan fingerprint density at radius 2 is 2.64 bits per heavy atom. The number of rotatable bonds is 3. The normalized spacial score (nSPS) is 21.4. The van der Waals surface area contributed by atoms with E-state index in [9.17, 15) is 4.79 Å². The van der Waals surface area contributed by atoms with Crippen LogP contribution in [0.15, 0.2) is 12.5 Å². The summed E-state index contributed by atoms with van der Waals surface area (Å²) in [6.07, 6.45) is 3.98. The van der Waals surface area contributed by atoms with E-state index < -0.39 is 0 Å². The molecule has 0 aliphatic carbocycles. The molecule has 5 heteroatoms. The lowest BCUT2D eigenvalue weighted by Gasteiger charge is -2.18. The summed E-state index contributed by atoms with van der Waals surface area (Å²) in [5.41, 5.74) is 1.03. The smallest absolute Gasteiger partial charge is 0.410 e. The Hall–Kier alpha value is -1.52. The van der Waals surface area contributed by atoms with Crippen molar-refractivity contribution >= 4 is 6.09 Å². The average molecular weight is 195 g/mol. The lowest BCUT2D eigenvalue weighted by atomic mass is 10.1. The van der Waals surface area contributed by atoms with Crippen LogP contribution in [0.25, 0.3) is 0 Å². The Balaban J connectivity index is 2.01. The highest BCUT2D eigenvalue weighted by Gasteiger charge is 2.31.